The van der Waals surface area contributed by atoms with Crippen LogP contribution in [0.3, 0.4) is 0 Å². The Kier molecular flexibility index (Phi) is 4.24. The molecule has 1 amide bonds. The van der Waals surface area contributed by atoms with Crippen molar-refractivity contribution in [1.29, 1.82) is 0 Å². The van der Waals surface area contributed by atoms with E-state index in [9.17, 15) is 4.79 Å². The molecule has 0 unspecified atom stereocenters. The maximum Gasteiger partial charge on any atom is 0.230 e. The van der Waals surface area contributed by atoms with Crippen LogP contribution in [-0.2, 0) is 17.6 Å². The third kappa shape index (κ3) is 3.56. The average molecular weight is 350 g/mol. The Labute approximate surface area is 150 Å². The van der Waals surface area contributed by atoms with E-state index in [1.165, 1.54) is 22.5 Å². The lowest BCUT2D eigenvalue weighted by Crippen LogP contribution is -2.14. The molecule has 5 heteroatoms. The van der Waals surface area contributed by atoms with Crippen molar-refractivity contribution < 1.29 is 9.53 Å². The van der Waals surface area contributed by atoms with E-state index in [4.69, 9.17) is 4.74 Å². The standard InChI is InChI=1S/C20H18N2O2S/c1-13-2-5-15(6-3-13)17-12-25-20(21-17)22-19(23)11-14-4-7-18-16(10-14)8-9-24-18/h2-7,10,12H,8-9,11H2,1H3,(H,21,22,23). The molecule has 1 aromatic heterocycles. The molecule has 2 heterocycles. The summed E-state index contributed by atoms with van der Waals surface area (Å²) in [6.07, 6.45) is 1.25. The van der Waals surface area contributed by atoms with E-state index >= 15 is 0 Å². The van der Waals surface area contributed by atoms with Crippen LogP contribution in [0.2, 0.25) is 0 Å². The third-order valence-corrected chi connectivity index (χ3v) is 4.97. The minimum absolute atomic E-state index is 0.0522. The number of nitrogens with zero attached hydrogens (tertiary/aromatic N) is 1. The molecule has 0 saturated carbocycles. The molecule has 1 aliphatic heterocycles. The van der Waals surface area contributed by atoms with Gasteiger partial charge in [-0.2, -0.15) is 0 Å². The zero-order valence-corrected chi connectivity index (χ0v) is 14.7. The highest BCUT2D eigenvalue weighted by Gasteiger charge is 2.14. The van der Waals surface area contributed by atoms with Gasteiger partial charge in [0.2, 0.25) is 5.91 Å². The van der Waals surface area contributed by atoms with Gasteiger partial charge in [0, 0.05) is 17.4 Å². The van der Waals surface area contributed by atoms with Crippen molar-refractivity contribution in [2.75, 3.05) is 11.9 Å². The summed E-state index contributed by atoms with van der Waals surface area (Å²) in [5.74, 6) is 0.885. The lowest BCUT2D eigenvalue weighted by molar-refractivity contribution is -0.115. The van der Waals surface area contributed by atoms with Gasteiger partial charge in [-0.25, -0.2) is 4.98 Å². The van der Waals surface area contributed by atoms with Gasteiger partial charge in [0.1, 0.15) is 5.75 Å². The van der Waals surface area contributed by atoms with Crippen LogP contribution in [0.15, 0.2) is 47.8 Å². The van der Waals surface area contributed by atoms with Crippen molar-refractivity contribution in [3.05, 3.63) is 64.5 Å². The third-order valence-electron chi connectivity index (χ3n) is 4.22. The Hall–Kier alpha value is -2.66. The molecular weight excluding hydrogens is 332 g/mol. The molecule has 0 spiro atoms. The maximum absolute atomic E-state index is 12.3. The number of amides is 1. The molecule has 0 aliphatic carbocycles. The summed E-state index contributed by atoms with van der Waals surface area (Å²) in [4.78, 5) is 16.8. The van der Waals surface area contributed by atoms with Gasteiger partial charge in [0.25, 0.3) is 0 Å². The van der Waals surface area contributed by atoms with Gasteiger partial charge in [-0.3, -0.25) is 4.79 Å². The zero-order chi connectivity index (χ0) is 17.2. The molecular formula is C20H18N2O2S. The molecule has 3 aromatic rings. The number of anilines is 1. The summed E-state index contributed by atoms with van der Waals surface area (Å²) in [5.41, 5.74) is 5.33. The molecule has 1 N–H and O–H groups in total. The molecule has 0 fully saturated rings. The first-order valence-electron chi connectivity index (χ1n) is 8.24. The van der Waals surface area contributed by atoms with Crippen LogP contribution >= 0.6 is 11.3 Å². The lowest BCUT2D eigenvalue weighted by atomic mass is 10.1. The Morgan fingerprint density at radius 1 is 1.24 bits per heavy atom. The van der Waals surface area contributed by atoms with E-state index < -0.39 is 0 Å². The van der Waals surface area contributed by atoms with Crippen LogP contribution in [0.25, 0.3) is 11.3 Å². The average Bonchev–Trinajstić information content (AvgIpc) is 3.24. The van der Waals surface area contributed by atoms with Gasteiger partial charge >= 0.3 is 0 Å². The second kappa shape index (κ2) is 6.69. The molecule has 2 aromatic carbocycles. The number of fused-ring (bicyclic) bond motifs is 1. The summed E-state index contributed by atoms with van der Waals surface area (Å²) < 4.78 is 5.50. The highest BCUT2D eigenvalue weighted by atomic mass is 32.1. The number of ether oxygens (including phenoxy) is 1. The van der Waals surface area contributed by atoms with Gasteiger partial charge in [-0.15, -0.1) is 11.3 Å². The first-order chi connectivity index (χ1) is 12.2. The van der Waals surface area contributed by atoms with Crippen LogP contribution in [-0.4, -0.2) is 17.5 Å². The number of thiazole rings is 1. The topological polar surface area (TPSA) is 51.2 Å². The van der Waals surface area contributed by atoms with E-state index in [-0.39, 0.29) is 5.91 Å². The monoisotopic (exact) mass is 350 g/mol. The van der Waals surface area contributed by atoms with Gasteiger partial charge in [-0.1, -0.05) is 42.0 Å². The minimum Gasteiger partial charge on any atom is -0.493 e. The van der Waals surface area contributed by atoms with Crippen molar-refractivity contribution >= 4 is 22.4 Å². The smallest absolute Gasteiger partial charge is 0.230 e. The van der Waals surface area contributed by atoms with Crippen molar-refractivity contribution in [3.63, 3.8) is 0 Å². The fraction of sp³-hybridized carbons (Fsp3) is 0.200. The number of aromatic nitrogens is 1. The van der Waals surface area contributed by atoms with E-state index in [0.29, 0.717) is 11.6 Å². The highest BCUT2D eigenvalue weighted by Crippen LogP contribution is 2.27. The predicted molar refractivity (Wildman–Crippen MR) is 100 cm³/mol. The second-order valence-electron chi connectivity index (χ2n) is 6.17. The van der Waals surface area contributed by atoms with E-state index in [1.807, 2.05) is 29.6 Å². The van der Waals surface area contributed by atoms with Crippen molar-refractivity contribution in [2.24, 2.45) is 0 Å². The highest BCUT2D eigenvalue weighted by molar-refractivity contribution is 7.14. The van der Waals surface area contributed by atoms with Crippen molar-refractivity contribution in [2.45, 2.75) is 19.8 Å². The number of carbonyl (C=O) groups excluding carboxylic acids is 1. The molecule has 0 saturated heterocycles. The van der Waals surface area contributed by atoms with Crippen LogP contribution in [0, 0.1) is 6.92 Å². The number of aryl methyl sites for hydroxylation is 1. The number of benzene rings is 2. The molecule has 0 atom stereocenters. The number of rotatable bonds is 4. The van der Waals surface area contributed by atoms with Crippen molar-refractivity contribution in [1.82, 2.24) is 4.98 Å². The number of nitrogens with one attached hydrogen (secondary N) is 1. The fourth-order valence-corrected chi connectivity index (χ4v) is 3.62. The van der Waals surface area contributed by atoms with E-state index in [2.05, 4.69) is 35.4 Å². The first-order valence-corrected chi connectivity index (χ1v) is 9.12. The Morgan fingerprint density at radius 3 is 2.92 bits per heavy atom. The van der Waals surface area contributed by atoms with E-state index in [1.54, 1.807) is 0 Å². The van der Waals surface area contributed by atoms with Crippen LogP contribution < -0.4 is 10.1 Å². The normalized spacial score (nSPS) is 12.5. The van der Waals surface area contributed by atoms with Crippen LogP contribution in [0.4, 0.5) is 5.13 Å². The van der Waals surface area contributed by atoms with E-state index in [0.717, 1.165) is 35.6 Å². The number of carbonyl (C=O) groups is 1. The SMILES string of the molecule is Cc1ccc(-c2csc(NC(=O)Cc3ccc4c(c3)CCO4)n2)cc1. The Morgan fingerprint density at radius 2 is 2.08 bits per heavy atom. The minimum atomic E-state index is -0.0522. The predicted octanol–water partition coefficient (Wildman–Crippen LogP) is 4.23. The van der Waals surface area contributed by atoms with Gasteiger partial charge < -0.3 is 10.1 Å². The zero-order valence-electron chi connectivity index (χ0n) is 13.9. The fourth-order valence-electron chi connectivity index (χ4n) is 2.89. The van der Waals surface area contributed by atoms with Gasteiger partial charge in [0.15, 0.2) is 5.13 Å². The quantitative estimate of drug-likeness (QED) is 0.766. The van der Waals surface area contributed by atoms with Gasteiger partial charge in [-0.05, 0) is 24.1 Å². The van der Waals surface area contributed by atoms with Gasteiger partial charge in [0.05, 0.1) is 18.7 Å². The summed E-state index contributed by atoms with van der Waals surface area (Å²) >= 11 is 1.44. The first kappa shape index (κ1) is 15.8. The molecule has 126 valence electrons. The largest absolute Gasteiger partial charge is 0.493 e. The summed E-state index contributed by atoms with van der Waals surface area (Å²) in [5, 5.41) is 5.49. The summed E-state index contributed by atoms with van der Waals surface area (Å²) in [6, 6.07) is 14.2. The summed E-state index contributed by atoms with van der Waals surface area (Å²) in [6.45, 7) is 2.79. The molecule has 0 radical (unpaired) electrons. The number of hydrogen-bond donors (Lipinski definition) is 1. The molecule has 1 aliphatic rings. The Bertz CT molecular complexity index is 916. The van der Waals surface area contributed by atoms with Crippen LogP contribution in [0.5, 0.6) is 5.75 Å². The molecule has 4 rings (SSSR count). The second-order valence-corrected chi connectivity index (χ2v) is 7.03. The van der Waals surface area contributed by atoms with Crippen LogP contribution in [0.1, 0.15) is 16.7 Å². The Balaban J connectivity index is 1.42. The molecule has 0 bridgehead atoms. The van der Waals surface area contributed by atoms with Crippen molar-refractivity contribution in [3.8, 4) is 17.0 Å². The lowest BCUT2D eigenvalue weighted by Gasteiger charge is -2.04. The molecule has 25 heavy (non-hydrogen) atoms. The number of hydrogen-bond acceptors (Lipinski definition) is 4. The molecule has 4 nitrogen and oxygen atoms in total. The summed E-state index contributed by atoms with van der Waals surface area (Å²) in [7, 11) is 0. The maximum atomic E-state index is 12.3.